The Hall–Kier alpha value is -2.28. The molecule has 22 heavy (non-hydrogen) atoms. The van der Waals surface area contributed by atoms with E-state index in [2.05, 4.69) is 20.2 Å². The van der Waals surface area contributed by atoms with Crippen LogP contribution in [0.4, 0.5) is 5.95 Å². The highest BCUT2D eigenvalue weighted by molar-refractivity contribution is 5.96. The minimum atomic E-state index is -0.293. The van der Waals surface area contributed by atoms with Crippen molar-refractivity contribution in [2.24, 2.45) is 0 Å². The number of nitrogens with zero attached hydrogens (tertiary/aromatic N) is 4. The van der Waals surface area contributed by atoms with Crippen LogP contribution in [0.25, 0.3) is 11.0 Å². The molecule has 1 fully saturated rings. The fourth-order valence-electron chi connectivity index (χ4n) is 2.67. The number of nitrogens with one attached hydrogen (secondary N) is 1. The van der Waals surface area contributed by atoms with Crippen molar-refractivity contribution in [2.75, 3.05) is 31.1 Å². The first-order valence-corrected chi connectivity index (χ1v) is 7.48. The number of anilines is 1. The van der Waals surface area contributed by atoms with Crippen LogP contribution in [0.15, 0.2) is 17.2 Å². The Labute approximate surface area is 128 Å². The average molecular weight is 301 g/mol. The minimum absolute atomic E-state index is 0.188. The topological polar surface area (TPSA) is 80.1 Å². The molecule has 1 aliphatic heterocycles. The normalized spacial score (nSPS) is 15.3. The number of piperazine rings is 1. The van der Waals surface area contributed by atoms with Crippen LogP contribution >= 0.6 is 0 Å². The molecule has 3 heterocycles. The number of ketones is 1. The summed E-state index contributed by atoms with van der Waals surface area (Å²) in [5.74, 6) is 0.395. The lowest BCUT2D eigenvalue weighted by molar-refractivity contribution is 0.101. The summed E-state index contributed by atoms with van der Waals surface area (Å²) in [5.41, 5.74) is 0.480. The number of hydrogen-bond donors (Lipinski definition) is 1. The van der Waals surface area contributed by atoms with E-state index in [1.807, 2.05) is 11.5 Å². The highest BCUT2D eigenvalue weighted by Gasteiger charge is 2.17. The molecule has 0 aromatic carbocycles. The Morgan fingerprint density at radius 3 is 2.73 bits per heavy atom. The molecule has 1 aliphatic rings. The number of rotatable bonds is 3. The van der Waals surface area contributed by atoms with Crippen molar-refractivity contribution >= 4 is 22.8 Å². The Bertz CT molecular complexity index is 777. The van der Waals surface area contributed by atoms with Gasteiger partial charge in [-0.05, 0) is 13.8 Å². The molecule has 0 saturated carbocycles. The predicted octanol–water partition coefficient (Wildman–Crippen LogP) is 0.424. The number of hydrogen-bond acceptors (Lipinski definition) is 6. The first kappa shape index (κ1) is 14.6. The van der Waals surface area contributed by atoms with Crippen molar-refractivity contribution in [1.82, 2.24) is 19.9 Å². The van der Waals surface area contributed by atoms with Gasteiger partial charge in [0.1, 0.15) is 5.65 Å². The van der Waals surface area contributed by atoms with Crippen molar-refractivity contribution in [1.29, 1.82) is 0 Å². The summed E-state index contributed by atoms with van der Waals surface area (Å²) < 4.78 is 1.83. The van der Waals surface area contributed by atoms with Gasteiger partial charge in [0.2, 0.25) is 11.4 Å². The molecule has 1 N–H and O–H groups in total. The smallest absolute Gasteiger partial charge is 0.227 e. The molecule has 0 bridgehead atoms. The minimum Gasteiger partial charge on any atom is -0.338 e. The van der Waals surface area contributed by atoms with Crippen molar-refractivity contribution < 1.29 is 4.79 Å². The lowest BCUT2D eigenvalue weighted by Gasteiger charge is -2.27. The molecule has 0 unspecified atom stereocenters. The second-order valence-electron chi connectivity index (χ2n) is 5.36. The summed E-state index contributed by atoms with van der Waals surface area (Å²) in [6, 6.07) is 0. The van der Waals surface area contributed by atoms with E-state index >= 15 is 0 Å². The van der Waals surface area contributed by atoms with Crippen molar-refractivity contribution in [3.63, 3.8) is 0 Å². The van der Waals surface area contributed by atoms with Gasteiger partial charge in [-0.2, -0.15) is 4.98 Å². The summed E-state index contributed by atoms with van der Waals surface area (Å²) in [7, 11) is 0. The van der Waals surface area contributed by atoms with E-state index in [1.54, 1.807) is 12.4 Å². The van der Waals surface area contributed by atoms with Crippen LogP contribution in [-0.4, -0.2) is 46.5 Å². The summed E-state index contributed by atoms with van der Waals surface area (Å²) in [5, 5.41) is 3.68. The maximum Gasteiger partial charge on any atom is 0.227 e. The number of aryl methyl sites for hydroxylation is 1. The number of Topliss-reactive ketones (excluding diaryl/α,β-unsaturated/α-hetero) is 1. The number of fused-ring (bicyclic) bond motifs is 1. The van der Waals surface area contributed by atoms with Crippen LogP contribution < -0.4 is 15.6 Å². The molecule has 0 radical (unpaired) electrons. The molecule has 0 amide bonds. The van der Waals surface area contributed by atoms with Gasteiger partial charge >= 0.3 is 0 Å². The highest BCUT2D eigenvalue weighted by atomic mass is 16.1. The van der Waals surface area contributed by atoms with Crippen LogP contribution in [0.3, 0.4) is 0 Å². The van der Waals surface area contributed by atoms with Crippen LogP contribution in [0.1, 0.15) is 24.2 Å². The Kier molecular flexibility index (Phi) is 3.89. The standard InChI is InChI=1S/C15H19N5O2/c1-3-19-9-12(10(2)21)13(22)11-8-17-15(18-14(11)19)20-6-4-16-5-7-20/h8-9,16H,3-7H2,1-2H3. The highest BCUT2D eigenvalue weighted by Crippen LogP contribution is 2.14. The molecule has 0 aliphatic carbocycles. The van der Waals surface area contributed by atoms with Crippen LogP contribution in [0.5, 0.6) is 0 Å². The van der Waals surface area contributed by atoms with E-state index < -0.39 is 0 Å². The van der Waals surface area contributed by atoms with Gasteiger partial charge in [0.05, 0.1) is 10.9 Å². The van der Waals surface area contributed by atoms with Gasteiger partial charge in [0, 0.05) is 45.1 Å². The van der Waals surface area contributed by atoms with E-state index in [9.17, 15) is 9.59 Å². The van der Waals surface area contributed by atoms with Gasteiger partial charge in [0.15, 0.2) is 5.78 Å². The zero-order valence-electron chi connectivity index (χ0n) is 12.8. The van der Waals surface area contributed by atoms with Crippen molar-refractivity contribution in [3.8, 4) is 0 Å². The third-order valence-electron chi connectivity index (χ3n) is 3.92. The third-order valence-corrected chi connectivity index (χ3v) is 3.92. The molecule has 0 atom stereocenters. The molecule has 2 aromatic rings. The van der Waals surface area contributed by atoms with Crippen LogP contribution in [0.2, 0.25) is 0 Å². The molecular formula is C15H19N5O2. The number of carbonyl (C=O) groups is 1. The van der Waals surface area contributed by atoms with Gasteiger partial charge in [-0.3, -0.25) is 9.59 Å². The van der Waals surface area contributed by atoms with Crippen molar-refractivity contribution in [3.05, 3.63) is 28.2 Å². The van der Waals surface area contributed by atoms with E-state index in [1.165, 1.54) is 6.92 Å². The quantitative estimate of drug-likeness (QED) is 0.828. The molecule has 7 heteroatoms. The second kappa shape index (κ2) is 5.84. The lowest BCUT2D eigenvalue weighted by atomic mass is 10.1. The van der Waals surface area contributed by atoms with E-state index in [0.717, 1.165) is 26.2 Å². The zero-order chi connectivity index (χ0) is 15.7. The maximum absolute atomic E-state index is 12.4. The van der Waals surface area contributed by atoms with E-state index in [0.29, 0.717) is 23.5 Å². The van der Waals surface area contributed by atoms with Gasteiger partial charge in [-0.25, -0.2) is 4.98 Å². The molecule has 7 nitrogen and oxygen atoms in total. The van der Waals surface area contributed by atoms with Gasteiger partial charge in [-0.15, -0.1) is 0 Å². The van der Waals surface area contributed by atoms with Gasteiger partial charge in [-0.1, -0.05) is 0 Å². The van der Waals surface area contributed by atoms with Gasteiger partial charge in [0.25, 0.3) is 0 Å². The van der Waals surface area contributed by atoms with Crippen LogP contribution in [-0.2, 0) is 6.54 Å². The average Bonchev–Trinajstić information content (AvgIpc) is 2.55. The summed E-state index contributed by atoms with van der Waals surface area (Å²) in [6.45, 7) is 7.46. The van der Waals surface area contributed by atoms with Crippen LogP contribution in [0, 0.1) is 0 Å². The first-order chi connectivity index (χ1) is 10.6. The predicted molar refractivity (Wildman–Crippen MR) is 84.6 cm³/mol. The Morgan fingerprint density at radius 2 is 2.09 bits per heavy atom. The monoisotopic (exact) mass is 301 g/mol. The molecule has 0 spiro atoms. The van der Waals surface area contributed by atoms with E-state index in [-0.39, 0.29) is 16.8 Å². The fourth-order valence-corrected chi connectivity index (χ4v) is 2.67. The lowest BCUT2D eigenvalue weighted by Crippen LogP contribution is -2.44. The van der Waals surface area contributed by atoms with Crippen molar-refractivity contribution in [2.45, 2.75) is 20.4 Å². The molecule has 116 valence electrons. The first-order valence-electron chi connectivity index (χ1n) is 7.48. The fraction of sp³-hybridized carbons (Fsp3) is 0.467. The SMILES string of the molecule is CCn1cc(C(C)=O)c(=O)c2cnc(N3CCNCC3)nc21. The number of aromatic nitrogens is 3. The summed E-state index contributed by atoms with van der Waals surface area (Å²) in [4.78, 5) is 35.0. The Morgan fingerprint density at radius 1 is 1.36 bits per heavy atom. The third kappa shape index (κ3) is 2.48. The van der Waals surface area contributed by atoms with E-state index in [4.69, 9.17) is 0 Å². The van der Waals surface area contributed by atoms with Gasteiger partial charge < -0.3 is 14.8 Å². The largest absolute Gasteiger partial charge is 0.338 e. The zero-order valence-corrected chi connectivity index (χ0v) is 12.8. The second-order valence-corrected chi connectivity index (χ2v) is 5.36. The maximum atomic E-state index is 12.4. The summed E-state index contributed by atoms with van der Waals surface area (Å²) in [6.07, 6.45) is 3.14. The molecule has 3 rings (SSSR count). The Balaban J connectivity index is 2.17. The number of pyridine rings is 1. The number of carbonyl (C=O) groups excluding carboxylic acids is 1. The molecule has 1 saturated heterocycles. The molecule has 2 aromatic heterocycles. The molecular weight excluding hydrogens is 282 g/mol. The summed E-state index contributed by atoms with van der Waals surface area (Å²) >= 11 is 0.